The van der Waals surface area contributed by atoms with Crippen molar-refractivity contribution in [3.05, 3.63) is 41.5 Å². The molecule has 2 aromatic carbocycles. The lowest BCUT2D eigenvalue weighted by Crippen LogP contribution is -2.26. The van der Waals surface area contributed by atoms with E-state index < -0.39 is 0 Å². The largest absolute Gasteiger partial charge is 0.493 e. The van der Waals surface area contributed by atoms with Crippen LogP contribution in [0.4, 0.5) is 0 Å². The maximum atomic E-state index is 11.7. The van der Waals surface area contributed by atoms with Crippen molar-refractivity contribution in [3.8, 4) is 28.4 Å². The highest BCUT2D eigenvalue weighted by Crippen LogP contribution is 2.45. The van der Waals surface area contributed by atoms with E-state index >= 15 is 0 Å². The molecular formula is C22H26O6. The standard InChI is InChI=1S/C22H26O6/c1-22(2,12-24-3)13-28-19-16(8-9-18(25-4)20(19)26-5)14-6-7-17-15(10-14)11-27-21(17)23/h6-10H,11-13H2,1-5H3. The second-order valence-corrected chi connectivity index (χ2v) is 7.51. The summed E-state index contributed by atoms with van der Waals surface area (Å²) < 4.78 is 27.7. The third kappa shape index (κ3) is 3.92. The molecule has 3 rings (SSSR count). The van der Waals surface area contributed by atoms with E-state index in [1.54, 1.807) is 27.4 Å². The molecule has 1 heterocycles. The molecule has 0 bridgehead atoms. The first kappa shape index (κ1) is 20.0. The van der Waals surface area contributed by atoms with Gasteiger partial charge in [-0.25, -0.2) is 4.79 Å². The first-order valence-electron chi connectivity index (χ1n) is 9.07. The van der Waals surface area contributed by atoms with Gasteiger partial charge in [-0.3, -0.25) is 0 Å². The zero-order valence-electron chi connectivity index (χ0n) is 17.0. The molecule has 6 heteroatoms. The van der Waals surface area contributed by atoms with E-state index in [4.69, 9.17) is 23.7 Å². The molecule has 0 N–H and O–H groups in total. The topological polar surface area (TPSA) is 63.2 Å². The fourth-order valence-electron chi connectivity index (χ4n) is 3.27. The molecule has 0 amide bonds. The van der Waals surface area contributed by atoms with Gasteiger partial charge in [0.1, 0.15) is 6.61 Å². The van der Waals surface area contributed by atoms with Gasteiger partial charge in [-0.05, 0) is 29.8 Å². The second kappa shape index (κ2) is 8.10. The Hall–Kier alpha value is -2.73. The minimum Gasteiger partial charge on any atom is -0.493 e. The lowest BCUT2D eigenvalue weighted by atomic mass is 9.96. The summed E-state index contributed by atoms with van der Waals surface area (Å²) in [6.45, 7) is 5.42. The quantitative estimate of drug-likeness (QED) is 0.637. The summed E-state index contributed by atoms with van der Waals surface area (Å²) in [7, 11) is 4.85. The summed E-state index contributed by atoms with van der Waals surface area (Å²) in [5, 5.41) is 0. The van der Waals surface area contributed by atoms with Gasteiger partial charge >= 0.3 is 5.97 Å². The molecule has 0 aliphatic carbocycles. The summed E-state index contributed by atoms with van der Waals surface area (Å²) >= 11 is 0. The molecule has 0 radical (unpaired) electrons. The average molecular weight is 386 g/mol. The van der Waals surface area contributed by atoms with Gasteiger partial charge in [0, 0.05) is 23.7 Å². The highest BCUT2D eigenvalue weighted by molar-refractivity contribution is 5.94. The molecule has 1 aliphatic heterocycles. The van der Waals surface area contributed by atoms with E-state index in [9.17, 15) is 4.79 Å². The molecule has 0 saturated carbocycles. The van der Waals surface area contributed by atoms with Crippen molar-refractivity contribution >= 4 is 5.97 Å². The van der Waals surface area contributed by atoms with E-state index in [1.807, 2.05) is 24.3 Å². The van der Waals surface area contributed by atoms with Gasteiger partial charge in [0.2, 0.25) is 5.75 Å². The summed E-state index contributed by atoms with van der Waals surface area (Å²) in [5.74, 6) is 1.43. The molecule has 0 saturated heterocycles. The van der Waals surface area contributed by atoms with Crippen LogP contribution in [0.15, 0.2) is 30.3 Å². The Balaban J connectivity index is 2.04. The van der Waals surface area contributed by atoms with Gasteiger partial charge in [-0.15, -0.1) is 0 Å². The van der Waals surface area contributed by atoms with Crippen LogP contribution in [0.5, 0.6) is 17.2 Å². The monoisotopic (exact) mass is 386 g/mol. The van der Waals surface area contributed by atoms with Gasteiger partial charge in [0.05, 0.1) is 33.0 Å². The van der Waals surface area contributed by atoms with Gasteiger partial charge in [-0.1, -0.05) is 19.9 Å². The molecule has 6 nitrogen and oxygen atoms in total. The number of methoxy groups -OCH3 is 3. The van der Waals surface area contributed by atoms with Gasteiger partial charge in [-0.2, -0.15) is 0 Å². The molecule has 0 fully saturated rings. The number of carbonyl (C=O) groups excluding carboxylic acids is 1. The van der Waals surface area contributed by atoms with Crippen LogP contribution in [0.3, 0.4) is 0 Å². The van der Waals surface area contributed by atoms with Gasteiger partial charge in [0.15, 0.2) is 11.5 Å². The predicted molar refractivity (Wildman–Crippen MR) is 105 cm³/mol. The molecule has 2 aromatic rings. The minimum atomic E-state index is -0.286. The number of fused-ring (bicyclic) bond motifs is 1. The highest BCUT2D eigenvalue weighted by Gasteiger charge is 2.25. The zero-order chi connectivity index (χ0) is 20.3. The Morgan fingerprint density at radius 1 is 0.964 bits per heavy atom. The number of rotatable bonds is 8. The van der Waals surface area contributed by atoms with Crippen molar-refractivity contribution in [2.24, 2.45) is 5.41 Å². The van der Waals surface area contributed by atoms with E-state index in [0.29, 0.717) is 36.0 Å². The minimum absolute atomic E-state index is 0.182. The van der Waals surface area contributed by atoms with Crippen LogP contribution in [-0.4, -0.2) is 40.5 Å². The molecule has 0 aromatic heterocycles. The fraction of sp³-hybridized carbons (Fsp3) is 0.409. The Morgan fingerprint density at radius 2 is 1.71 bits per heavy atom. The third-order valence-electron chi connectivity index (χ3n) is 4.64. The fourth-order valence-corrected chi connectivity index (χ4v) is 3.27. The normalized spacial score (nSPS) is 13.1. The summed E-state index contributed by atoms with van der Waals surface area (Å²) in [6.07, 6.45) is 0. The smallest absolute Gasteiger partial charge is 0.338 e. The maximum Gasteiger partial charge on any atom is 0.338 e. The van der Waals surface area contributed by atoms with Gasteiger partial charge in [0.25, 0.3) is 0 Å². The van der Waals surface area contributed by atoms with Crippen molar-refractivity contribution in [3.63, 3.8) is 0 Å². The van der Waals surface area contributed by atoms with E-state index in [1.165, 1.54) is 0 Å². The van der Waals surface area contributed by atoms with Gasteiger partial charge < -0.3 is 23.7 Å². The van der Waals surface area contributed by atoms with E-state index in [0.717, 1.165) is 16.7 Å². The summed E-state index contributed by atoms with van der Waals surface area (Å²) in [6, 6.07) is 9.40. The predicted octanol–water partition coefficient (Wildman–Crippen LogP) is 4.09. The number of hydrogen-bond acceptors (Lipinski definition) is 6. The van der Waals surface area contributed by atoms with Crippen LogP contribution in [0, 0.1) is 5.41 Å². The van der Waals surface area contributed by atoms with Crippen LogP contribution in [0.25, 0.3) is 11.1 Å². The molecule has 150 valence electrons. The van der Waals surface area contributed by atoms with Crippen LogP contribution in [0.1, 0.15) is 29.8 Å². The Morgan fingerprint density at radius 3 is 2.39 bits per heavy atom. The van der Waals surface area contributed by atoms with Crippen molar-refractivity contribution < 1.29 is 28.5 Å². The molecule has 1 aliphatic rings. The first-order valence-corrected chi connectivity index (χ1v) is 9.07. The SMILES string of the molecule is COCC(C)(C)COc1c(-c2ccc3c(c2)COC3=O)ccc(OC)c1OC. The first-order chi connectivity index (χ1) is 13.4. The summed E-state index contributed by atoms with van der Waals surface area (Å²) in [4.78, 5) is 11.7. The number of esters is 1. The van der Waals surface area contributed by atoms with Crippen LogP contribution < -0.4 is 14.2 Å². The van der Waals surface area contributed by atoms with E-state index in [-0.39, 0.29) is 18.0 Å². The van der Waals surface area contributed by atoms with Crippen molar-refractivity contribution in [1.29, 1.82) is 0 Å². The Kier molecular flexibility index (Phi) is 5.79. The Labute approximate surface area is 165 Å². The molecule has 0 unspecified atom stereocenters. The maximum absolute atomic E-state index is 11.7. The average Bonchev–Trinajstić information content (AvgIpc) is 3.05. The lowest BCUT2D eigenvalue weighted by Gasteiger charge is -2.26. The zero-order valence-corrected chi connectivity index (χ0v) is 17.0. The second-order valence-electron chi connectivity index (χ2n) is 7.51. The van der Waals surface area contributed by atoms with Crippen LogP contribution >= 0.6 is 0 Å². The number of carbonyl (C=O) groups is 1. The number of cyclic esters (lactones) is 1. The molecule has 0 atom stereocenters. The molecular weight excluding hydrogens is 360 g/mol. The molecule has 0 spiro atoms. The number of hydrogen-bond donors (Lipinski definition) is 0. The van der Waals surface area contributed by atoms with Crippen LogP contribution in [0.2, 0.25) is 0 Å². The molecule has 28 heavy (non-hydrogen) atoms. The number of ether oxygens (including phenoxy) is 5. The van der Waals surface area contributed by atoms with Crippen LogP contribution in [-0.2, 0) is 16.1 Å². The summed E-state index contributed by atoms with van der Waals surface area (Å²) in [5.41, 5.74) is 3.06. The van der Waals surface area contributed by atoms with Crippen molar-refractivity contribution in [1.82, 2.24) is 0 Å². The lowest BCUT2D eigenvalue weighted by molar-refractivity contribution is 0.0535. The Bertz CT molecular complexity index is 872. The number of benzene rings is 2. The van der Waals surface area contributed by atoms with Crippen molar-refractivity contribution in [2.45, 2.75) is 20.5 Å². The van der Waals surface area contributed by atoms with Crippen molar-refractivity contribution in [2.75, 3.05) is 34.5 Å². The van der Waals surface area contributed by atoms with E-state index in [2.05, 4.69) is 13.8 Å². The highest BCUT2D eigenvalue weighted by atomic mass is 16.5. The third-order valence-corrected chi connectivity index (χ3v) is 4.64.